The second kappa shape index (κ2) is 10.0. The van der Waals surface area contributed by atoms with Crippen molar-refractivity contribution in [3.05, 3.63) is 57.9 Å². The summed E-state index contributed by atoms with van der Waals surface area (Å²) in [6.45, 7) is 3.47. The van der Waals surface area contributed by atoms with Crippen LogP contribution >= 0.6 is 0 Å². The van der Waals surface area contributed by atoms with Crippen molar-refractivity contribution in [2.75, 3.05) is 27.4 Å². The summed E-state index contributed by atoms with van der Waals surface area (Å²) in [5, 5.41) is 3.09. The Balaban J connectivity index is 2.13. The van der Waals surface area contributed by atoms with E-state index < -0.39 is 41.3 Å². The number of nitrogens with one attached hydrogen (secondary N) is 1. The summed E-state index contributed by atoms with van der Waals surface area (Å²) in [7, 11) is 2.62. The molecule has 0 bridgehead atoms. The maximum atomic E-state index is 13.5. The van der Waals surface area contributed by atoms with Crippen LogP contribution in [0, 0.1) is 11.8 Å². The van der Waals surface area contributed by atoms with Crippen molar-refractivity contribution in [1.29, 1.82) is 0 Å². The number of allylic oxidation sites excluding steroid dienone is 3. The third-order valence-corrected chi connectivity index (χ3v) is 6.05. The topological polar surface area (TPSA) is 90.9 Å². The maximum absolute atomic E-state index is 13.5. The Morgan fingerprint density at radius 2 is 1.76 bits per heavy atom. The van der Waals surface area contributed by atoms with E-state index in [4.69, 9.17) is 14.2 Å². The quantitative estimate of drug-likeness (QED) is 0.378. The zero-order valence-corrected chi connectivity index (χ0v) is 19.2. The molecule has 184 valence electrons. The van der Waals surface area contributed by atoms with Crippen LogP contribution in [0.15, 0.2) is 46.8 Å². The summed E-state index contributed by atoms with van der Waals surface area (Å²) >= 11 is 0. The van der Waals surface area contributed by atoms with Gasteiger partial charge in [-0.25, -0.2) is 4.79 Å². The summed E-state index contributed by atoms with van der Waals surface area (Å²) in [5.41, 5.74) is 0.613. The first-order valence-corrected chi connectivity index (χ1v) is 10.7. The standard InChI is InChI=1S/C24H26F3NO6/c1-12-11-16-20(21(29)17(12)22(30)33-4)19(14-5-7-15(8-6-14)24(25,26)27)18(13(2)28-16)23(31)34-10-9-32-3/h5-8,12,17,19,28H,9-11H2,1-4H3/t12-,17+,19-/m1/s1. The van der Waals surface area contributed by atoms with Crippen LogP contribution in [-0.4, -0.2) is 45.2 Å². The number of rotatable bonds is 6. The molecule has 1 aromatic rings. The number of hydrogen-bond donors (Lipinski definition) is 1. The number of esters is 2. The van der Waals surface area contributed by atoms with Crippen LogP contribution in [0.5, 0.6) is 0 Å². The first-order chi connectivity index (χ1) is 16.0. The molecule has 0 saturated carbocycles. The Morgan fingerprint density at radius 1 is 1.12 bits per heavy atom. The zero-order chi connectivity index (χ0) is 25.2. The van der Waals surface area contributed by atoms with E-state index in [-0.39, 0.29) is 30.3 Å². The lowest BCUT2D eigenvalue weighted by molar-refractivity contribution is -0.151. The Hall–Kier alpha value is -3.14. The molecule has 1 N–H and O–H groups in total. The third kappa shape index (κ3) is 4.86. The normalized spacial score (nSPS) is 22.8. The Labute approximate surface area is 194 Å². The fourth-order valence-corrected chi connectivity index (χ4v) is 4.44. The Morgan fingerprint density at radius 3 is 2.32 bits per heavy atom. The van der Waals surface area contributed by atoms with Crippen LogP contribution in [0.1, 0.15) is 37.3 Å². The van der Waals surface area contributed by atoms with Gasteiger partial charge in [0.15, 0.2) is 5.78 Å². The minimum Gasteiger partial charge on any atom is -0.468 e. The lowest BCUT2D eigenvalue weighted by Crippen LogP contribution is -2.43. The molecule has 1 aromatic carbocycles. The van der Waals surface area contributed by atoms with Crippen LogP contribution in [0.3, 0.4) is 0 Å². The molecule has 7 nitrogen and oxygen atoms in total. The number of carbonyl (C=O) groups excluding carboxylic acids is 3. The first kappa shape index (κ1) is 25.5. The highest BCUT2D eigenvalue weighted by Crippen LogP contribution is 2.45. The number of halogens is 3. The molecule has 0 amide bonds. The number of ketones is 1. The van der Waals surface area contributed by atoms with Gasteiger partial charge in [-0.1, -0.05) is 19.1 Å². The average Bonchev–Trinajstić information content (AvgIpc) is 2.77. The van der Waals surface area contributed by atoms with E-state index in [1.54, 1.807) is 13.8 Å². The van der Waals surface area contributed by atoms with Gasteiger partial charge in [0.25, 0.3) is 0 Å². The summed E-state index contributed by atoms with van der Waals surface area (Å²) in [4.78, 5) is 39.0. The highest BCUT2D eigenvalue weighted by molar-refractivity contribution is 6.12. The van der Waals surface area contributed by atoms with Gasteiger partial charge in [-0.05, 0) is 37.0 Å². The van der Waals surface area contributed by atoms with E-state index in [9.17, 15) is 27.6 Å². The second-order valence-electron chi connectivity index (χ2n) is 8.28. The van der Waals surface area contributed by atoms with Gasteiger partial charge in [0.05, 0.1) is 24.9 Å². The minimum atomic E-state index is -4.54. The van der Waals surface area contributed by atoms with E-state index in [0.717, 1.165) is 12.1 Å². The summed E-state index contributed by atoms with van der Waals surface area (Å²) in [6, 6.07) is 4.26. The molecule has 0 radical (unpaired) electrons. The largest absolute Gasteiger partial charge is 0.468 e. The van der Waals surface area contributed by atoms with Crippen molar-refractivity contribution in [3.63, 3.8) is 0 Å². The molecule has 0 spiro atoms. The van der Waals surface area contributed by atoms with Crippen LogP contribution in [0.2, 0.25) is 0 Å². The summed E-state index contributed by atoms with van der Waals surface area (Å²) in [6.07, 6.45) is -4.22. The molecule has 0 fully saturated rings. The Bertz CT molecular complexity index is 1040. The number of methoxy groups -OCH3 is 2. The van der Waals surface area contributed by atoms with Gasteiger partial charge in [0, 0.05) is 30.0 Å². The van der Waals surface area contributed by atoms with Crippen LogP contribution in [0.4, 0.5) is 13.2 Å². The lowest BCUT2D eigenvalue weighted by Gasteiger charge is -2.38. The number of ether oxygens (including phenoxy) is 3. The minimum absolute atomic E-state index is 0.0481. The predicted molar refractivity (Wildman–Crippen MR) is 114 cm³/mol. The number of dihydropyridines is 1. The highest BCUT2D eigenvalue weighted by Gasteiger charge is 2.47. The van der Waals surface area contributed by atoms with Gasteiger partial charge in [-0.2, -0.15) is 13.2 Å². The van der Waals surface area contributed by atoms with Crippen molar-refractivity contribution in [1.82, 2.24) is 5.32 Å². The van der Waals surface area contributed by atoms with Gasteiger partial charge in [-0.15, -0.1) is 0 Å². The molecule has 2 aliphatic rings. The maximum Gasteiger partial charge on any atom is 0.416 e. The SMILES string of the molecule is COCCOC(=O)C1=C(C)NC2=C(C(=O)[C@@H](C(=O)OC)[C@H](C)C2)[C@@H]1c1ccc(C(F)(F)F)cc1. The fraction of sp³-hybridized carbons (Fsp3) is 0.458. The smallest absolute Gasteiger partial charge is 0.416 e. The molecule has 1 aliphatic carbocycles. The van der Waals surface area contributed by atoms with Crippen LogP contribution in [0.25, 0.3) is 0 Å². The third-order valence-electron chi connectivity index (χ3n) is 6.05. The molecule has 0 aromatic heterocycles. The van der Waals surface area contributed by atoms with Gasteiger partial charge >= 0.3 is 18.1 Å². The van der Waals surface area contributed by atoms with Gasteiger partial charge in [-0.3, -0.25) is 9.59 Å². The molecular formula is C24H26F3NO6. The van der Waals surface area contributed by atoms with Crippen molar-refractivity contribution in [2.45, 2.75) is 32.4 Å². The average molecular weight is 481 g/mol. The van der Waals surface area contributed by atoms with Gasteiger partial charge in [0.2, 0.25) is 0 Å². The monoisotopic (exact) mass is 481 g/mol. The number of benzene rings is 1. The molecule has 0 saturated heterocycles. The summed E-state index contributed by atoms with van der Waals surface area (Å²) < 4.78 is 54.4. The van der Waals surface area contributed by atoms with E-state index in [2.05, 4.69) is 5.32 Å². The molecule has 0 unspecified atom stereocenters. The fourth-order valence-electron chi connectivity index (χ4n) is 4.44. The molecule has 3 rings (SSSR count). The van der Waals surface area contributed by atoms with Crippen molar-refractivity contribution in [2.24, 2.45) is 11.8 Å². The van der Waals surface area contributed by atoms with Crippen molar-refractivity contribution < 1.29 is 41.8 Å². The number of hydrogen-bond acceptors (Lipinski definition) is 7. The highest BCUT2D eigenvalue weighted by atomic mass is 19.4. The van der Waals surface area contributed by atoms with E-state index >= 15 is 0 Å². The predicted octanol–water partition coefficient (Wildman–Crippen LogP) is 3.51. The molecule has 10 heteroatoms. The second-order valence-corrected chi connectivity index (χ2v) is 8.28. The van der Waals surface area contributed by atoms with Gasteiger partial charge < -0.3 is 19.5 Å². The summed E-state index contributed by atoms with van der Waals surface area (Å²) in [5.74, 6) is -4.45. The van der Waals surface area contributed by atoms with E-state index in [1.807, 2.05) is 0 Å². The number of Topliss-reactive ketones (excluding diaryl/α,β-unsaturated/α-hetero) is 1. The van der Waals surface area contributed by atoms with Crippen LogP contribution in [-0.2, 0) is 34.8 Å². The van der Waals surface area contributed by atoms with E-state index in [0.29, 0.717) is 23.4 Å². The molecule has 34 heavy (non-hydrogen) atoms. The van der Waals surface area contributed by atoms with Gasteiger partial charge in [0.1, 0.15) is 12.5 Å². The van der Waals surface area contributed by atoms with Crippen LogP contribution < -0.4 is 5.32 Å². The van der Waals surface area contributed by atoms with Crippen molar-refractivity contribution >= 4 is 17.7 Å². The molecule has 1 heterocycles. The molecule has 1 aliphatic heterocycles. The molecule has 3 atom stereocenters. The van der Waals surface area contributed by atoms with E-state index in [1.165, 1.54) is 26.4 Å². The molecular weight excluding hydrogens is 455 g/mol. The first-order valence-electron chi connectivity index (χ1n) is 10.7. The zero-order valence-electron chi connectivity index (χ0n) is 19.2. The number of alkyl halides is 3. The lowest BCUT2D eigenvalue weighted by atomic mass is 9.69. The Kier molecular flexibility index (Phi) is 7.50. The van der Waals surface area contributed by atoms with Crippen molar-refractivity contribution in [3.8, 4) is 0 Å². The number of carbonyl (C=O) groups is 3.